The number of nitrogens with two attached hydrogens (primary N) is 1. The molecule has 20 heavy (non-hydrogen) atoms. The first-order valence-electron chi connectivity index (χ1n) is 5.95. The van der Waals surface area contributed by atoms with Crippen molar-refractivity contribution in [3.05, 3.63) is 35.0 Å². The molecule has 0 fully saturated rings. The van der Waals surface area contributed by atoms with Crippen molar-refractivity contribution in [1.29, 1.82) is 0 Å². The van der Waals surface area contributed by atoms with Crippen LogP contribution in [0, 0.1) is 0 Å². The molecule has 9 heteroatoms. The molecule has 0 spiro atoms. The standard InChI is InChI=1S/C11H14ClN7O/c12-8-4-7(5-15-10(8)18-13)11(20)14-3-1-2-9-16-6-17-19-9/h4-6H,1-3,13H2,(H,14,20)(H,15,18)(H,16,17,19). The van der Waals surface area contributed by atoms with Gasteiger partial charge in [-0.1, -0.05) is 11.6 Å². The van der Waals surface area contributed by atoms with Gasteiger partial charge in [0.1, 0.15) is 12.2 Å². The fraction of sp³-hybridized carbons (Fsp3) is 0.273. The summed E-state index contributed by atoms with van der Waals surface area (Å²) in [5.41, 5.74) is 2.72. The minimum Gasteiger partial charge on any atom is -0.352 e. The first-order chi connectivity index (χ1) is 9.70. The molecule has 0 aliphatic rings. The Morgan fingerprint density at radius 2 is 2.30 bits per heavy atom. The summed E-state index contributed by atoms with van der Waals surface area (Å²) in [5.74, 6) is 6.10. The summed E-state index contributed by atoms with van der Waals surface area (Å²) >= 11 is 5.90. The van der Waals surface area contributed by atoms with Crippen molar-refractivity contribution in [2.75, 3.05) is 12.0 Å². The fourth-order valence-corrected chi connectivity index (χ4v) is 1.80. The number of nitrogens with zero attached hydrogens (tertiary/aromatic N) is 3. The van der Waals surface area contributed by atoms with Gasteiger partial charge in [-0.3, -0.25) is 9.89 Å². The number of amides is 1. The molecule has 0 aromatic carbocycles. The number of carbonyl (C=O) groups excluding carboxylic acids is 1. The molecule has 0 bridgehead atoms. The van der Waals surface area contributed by atoms with Crippen LogP contribution in [-0.4, -0.2) is 32.6 Å². The van der Waals surface area contributed by atoms with E-state index in [9.17, 15) is 4.79 Å². The highest BCUT2D eigenvalue weighted by molar-refractivity contribution is 6.33. The highest BCUT2D eigenvalue weighted by Gasteiger charge is 2.09. The Labute approximate surface area is 120 Å². The highest BCUT2D eigenvalue weighted by atomic mass is 35.5. The maximum Gasteiger partial charge on any atom is 0.252 e. The van der Waals surface area contributed by atoms with Crippen LogP contribution in [0.5, 0.6) is 0 Å². The molecule has 8 nitrogen and oxygen atoms in total. The van der Waals surface area contributed by atoms with Gasteiger partial charge in [-0.2, -0.15) is 5.10 Å². The van der Waals surface area contributed by atoms with Gasteiger partial charge in [0, 0.05) is 19.2 Å². The largest absolute Gasteiger partial charge is 0.352 e. The van der Waals surface area contributed by atoms with Crippen molar-refractivity contribution in [2.24, 2.45) is 5.84 Å². The highest BCUT2D eigenvalue weighted by Crippen LogP contribution is 2.18. The molecule has 2 aromatic heterocycles. The second kappa shape index (κ2) is 6.83. The van der Waals surface area contributed by atoms with Crippen LogP contribution >= 0.6 is 11.6 Å². The molecule has 0 aliphatic carbocycles. The van der Waals surface area contributed by atoms with E-state index in [1.54, 1.807) is 0 Å². The SMILES string of the molecule is NNc1ncc(C(=O)NCCCc2ncn[nH]2)cc1Cl. The molecular weight excluding hydrogens is 282 g/mol. The number of aromatic nitrogens is 4. The monoisotopic (exact) mass is 295 g/mol. The maximum absolute atomic E-state index is 11.9. The molecule has 1 amide bonds. The van der Waals surface area contributed by atoms with Crippen LogP contribution in [0.1, 0.15) is 22.6 Å². The molecule has 0 unspecified atom stereocenters. The summed E-state index contributed by atoms with van der Waals surface area (Å²) in [4.78, 5) is 19.8. The van der Waals surface area contributed by atoms with Crippen molar-refractivity contribution in [2.45, 2.75) is 12.8 Å². The Morgan fingerprint density at radius 3 is 2.95 bits per heavy atom. The zero-order valence-corrected chi connectivity index (χ0v) is 11.3. The smallest absolute Gasteiger partial charge is 0.252 e. The Balaban J connectivity index is 1.81. The van der Waals surface area contributed by atoms with Gasteiger partial charge in [0.2, 0.25) is 0 Å². The van der Waals surface area contributed by atoms with E-state index in [-0.39, 0.29) is 5.91 Å². The van der Waals surface area contributed by atoms with Crippen LogP contribution in [0.15, 0.2) is 18.6 Å². The molecule has 0 saturated heterocycles. The van der Waals surface area contributed by atoms with E-state index in [0.29, 0.717) is 22.9 Å². The molecule has 0 saturated carbocycles. The van der Waals surface area contributed by atoms with Crippen LogP contribution in [0.3, 0.4) is 0 Å². The fourth-order valence-electron chi connectivity index (χ4n) is 1.58. The van der Waals surface area contributed by atoms with Crippen LogP contribution in [-0.2, 0) is 6.42 Å². The van der Waals surface area contributed by atoms with Gasteiger partial charge in [0.25, 0.3) is 5.91 Å². The second-order valence-corrected chi connectivity index (χ2v) is 4.40. The number of pyridine rings is 1. The number of nitrogens with one attached hydrogen (secondary N) is 3. The quantitative estimate of drug-likeness (QED) is 0.350. The van der Waals surface area contributed by atoms with Gasteiger partial charge in [0.05, 0.1) is 10.6 Å². The molecule has 0 radical (unpaired) electrons. The Morgan fingerprint density at radius 1 is 1.45 bits per heavy atom. The van der Waals surface area contributed by atoms with Gasteiger partial charge < -0.3 is 10.7 Å². The Bertz CT molecular complexity index is 572. The summed E-state index contributed by atoms with van der Waals surface area (Å²) in [6.07, 6.45) is 4.33. The van der Waals surface area contributed by atoms with Crippen molar-refractivity contribution in [3.8, 4) is 0 Å². The van der Waals surface area contributed by atoms with Gasteiger partial charge in [-0.15, -0.1) is 0 Å². The lowest BCUT2D eigenvalue weighted by Crippen LogP contribution is -2.25. The van der Waals surface area contributed by atoms with E-state index < -0.39 is 0 Å². The molecule has 5 N–H and O–H groups in total. The van der Waals surface area contributed by atoms with E-state index in [0.717, 1.165) is 18.7 Å². The summed E-state index contributed by atoms with van der Waals surface area (Å²) < 4.78 is 0. The lowest BCUT2D eigenvalue weighted by molar-refractivity contribution is 0.0953. The number of aryl methyl sites for hydroxylation is 1. The van der Waals surface area contributed by atoms with Crippen molar-refractivity contribution in [3.63, 3.8) is 0 Å². The van der Waals surface area contributed by atoms with Crippen molar-refractivity contribution in [1.82, 2.24) is 25.5 Å². The third-order valence-corrected chi connectivity index (χ3v) is 2.87. The number of hydrazine groups is 1. The zero-order chi connectivity index (χ0) is 14.4. The number of anilines is 1. The topological polar surface area (TPSA) is 122 Å². The second-order valence-electron chi connectivity index (χ2n) is 3.99. The average molecular weight is 296 g/mol. The third-order valence-electron chi connectivity index (χ3n) is 2.58. The summed E-state index contributed by atoms with van der Waals surface area (Å²) in [6.45, 7) is 0.522. The minimum absolute atomic E-state index is 0.236. The number of aromatic amines is 1. The number of H-pyrrole nitrogens is 1. The zero-order valence-electron chi connectivity index (χ0n) is 10.6. The number of halogens is 1. The number of nitrogen functional groups attached to an aromatic ring is 1. The molecule has 106 valence electrons. The number of hydrogen-bond donors (Lipinski definition) is 4. The normalized spacial score (nSPS) is 10.3. The predicted molar refractivity (Wildman–Crippen MR) is 74.1 cm³/mol. The predicted octanol–water partition coefficient (Wildman–Crippen LogP) is 0.501. The van der Waals surface area contributed by atoms with E-state index >= 15 is 0 Å². The minimum atomic E-state index is -0.236. The summed E-state index contributed by atoms with van der Waals surface area (Å²) in [6, 6.07) is 1.51. The Kier molecular flexibility index (Phi) is 4.85. The van der Waals surface area contributed by atoms with Crippen LogP contribution in [0.25, 0.3) is 0 Å². The molecule has 2 aromatic rings. The van der Waals surface area contributed by atoms with Crippen LogP contribution < -0.4 is 16.6 Å². The third kappa shape index (κ3) is 3.65. The van der Waals surface area contributed by atoms with Crippen molar-refractivity contribution >= 4 is 23.3 Å². The Hall–Kier alpha value is -2.19. The van der Waals surface area contributed by atoms with E-state index in [1.807, 2.05) is 0 Å². The lowest BCUT2D eigenvalue weighted by Gasteiger charge is -2.06. The summed E-state index contributed by atoms with van der Waals surface area (Å²) in [7, 11) is 0. The lowest BCUT2D eigenvalue weighted by atomic mass is 10.2. The first kappa shape index (κ1) is 14.2. The first-order valence-corrected chi connectivity index (χ1v) is 6.33. The molecular formula is C11H14ClN7O. The van der Waals surface area contributed by atoms with E-state index in [1.165, 1.54) is 18.6 Å². The van der Waals surface area contributed by atoms with Gasteiger partial charge in [-0.05, 0) is 12.5 Å². The molecule has 2 rings (SSSR count). The number of carbonyl (C=O) groups is 1. The van der Waals surface area contributed by atoms with Gasteiger partial charge in [0.15, 0.2) is 5.82 Å². The van der Waals surface area contributed by atoms with Gasteiger partial charge >= 0.3 is 0 Å². The van der Waals surface area contributed by atoms with Crippen molar-refractivity contribution < 1.29 is 4.79 Å². The van der Waals surface area contributed by atoms with E-state index in [2.05, 4.69) is 30.9 Å². The number of hydrogen-bond acceptors (Lipinski definition) is 6. The van der Waals surface area contributed by atoms with E-state index in [4.69, 9.17) is 17.4 Å². The molecule has 0 aliphatic heterocycles. The maximum atomic E-state index is 11.9. The summed E-state index contributed by atoms with van der Waals surface area (Å²) in [5, 5.41) is 9.57. The average Bonchev–Trinajstić information content (AvgIpc) is 2.96. The van der Waals surface area contributed by atoms with Crippen LogP contribution in [0.2, 0.25) is 5.02 Å². The number of rotatable bonds is 6. The van der Waals surface area contributed by atoms with Crippen LogP contribution in [0.4, 0.5) is 5.82 Å². The van der Waals surface area contributed by atoms with Gasteiger partial charge in [-0.25, -0.2) is 15.8 Å². The molecule has 0 atom stereocenters. The molecule has 2 heterocycles.